The van der Waals surface area contributed by atoms with Crippen LogP contribution in [-0.2, 0) is 4.79 Å². The van der Waals surface area contributed by atoms with Crippen LogP contribution < -0.4 is 5.32 Å². The first-order chi connectivity index (χ1) is 10.7. The van der Waals surface area contributed by atoms with Gasteiger partial charge in [0.15, 0.2) is 0 Å². The van der Waals surface area contributed by atoms with E-state index < -0.39 is 11.8 Å². The minimum Gasteiger partial charge on any atom is -0.326 e. The molecule has 108 valence electrons. The zero-order valence-corrected chi connectivity index (χ0v) is 12.2. The summed E-state index contributed by atoms with van der Waals surface area (Å²) in [5.41, 5.74) is 2.25. The Morgan fingerprint density at radius 2 is 1.41 bits per heavy atom. The number of benzene rings is 2. The lowest BCUT2D eigenvalue weighted by atomic mass is 9.83. The number of carbonyl (C=O) groups excluding carboxylic acids is 1. The summed E-state index contributed by atoms with van der Waals surface area (Å²) < 4.78 is 0. The minimum absolute atomic E-state index is 0.149. The number of amides is 1. The van der Waals surface area contributed by atoms with Gasteiger partial charge in [-0.3, -0.25) is 4.79 Å². The van der Waals surface area contributed by atoms with Crippen LogP contribution in [0.15, 0.2) is 54.6 Å². The van der Waals surface area contributed by atoms with Gasteiger partial charge in [0.1, 0.15) is 0 Å². The molecule has 2 aromatic carbocycles. The van der Waals surface area contributed by atoms with Crippen LogP contribution in [0.25, 0.3) is 0 Å². The highest BCUT2D eigenvalue weighted by Gasteiger charge is 2.24. The van der Waals surface area contributed by atoms with Crippen LogP contribution in [0.2, 0.25) is 0 Å². The van der Waals surface area contributed by atoms with E-state index in [0.717, 1.165) is 11.1 Å². The quantitative estimate of drug-likeness (QED) is 0.934. The normalized spacial score (nSPS) is 12.5. The molecule has 0 saturated carbocycles. The van der Waals surface area contributed by atoms with E-state index in [-0.39, 0.29) is 5.91 Å². The van der Waals surface area contributed by atoms with Gasteiger partial charge in [-0.15, -0.1) is 0 Å². The van der Waals surface area contributed by atoms with Crippen LogP contribution in [0.3, 0.4) is 0 Å². The smallest absolute Gasteiger partial charge is 0.221 e. The van der Waals surface area contributed by atoms with Gasteiger partial charge < -0.3 is 5.32 Å². The van der Waals surface area contributed by atoms with Crippen LogP contribution in [-0.4, -0.2) is 5.91 Å². The first-order valence-electron chi connectivity index (χ1n) is 6.87. The maximum atomic E-state index is 11.0. The first kappa shape index (κ1) is 15.3. The number of nitriles is 2. The van der Waals surface area contributed by atoms with Crippen molar-refractivity contribution in [2.75, 3.05) is 5.32 Å². The Morgan fingerprint density at radius 3 is 1.86 bits per heavy atom. The number of anilines is 1. The van der Waals surface area contributed by atoms with Crippen molar-refractivity contribution < 1.29 is 4.79 Å². The molecule has 2 rings (SSSR count). The van der Waals surface area contributed by atoms with E-state index in [4.69, 9.17) is 0 Å². The lowest BCUT2D eigenvalue weighted by molar-refractivity contribution is -0.114. The summed E-state index contributed by atoms with van der Waals surface area (Å²) in [6, 6.07) is 20.7. The van der Waals surface area contributed by atoms with Crippen molar-refractivity contribution in [3.8, 4) is 12.1 Å². The molecule has 0 bridgehead atoms. The summed E-state index contributed by atoms with van der Waals surface area (Å²) in [6.07, 6.45) is 0. The summed E-state index contributed by atoms with van der Waals surface area (Å²) in [6.45, 7) is 1.44. The van der Waals surface area contributed by atoms with E-state index in [0.29, 0.717) is 5.69 Å². The fraction of sp³-hybridized carbons (Fsp3) is 0.167. The molecular formula is C18H15N3O. The average molecular weight is 289 g/mol. The largest absolute Gasteiger partial charge is 0.326 e. The van der Waals surface area contributed by atoms with Gasteiger partial charge in [0.2, 0.25) is 5.91 Å². The molecule has 0 spiro atoms. The van der Waals surface area contributed by atoms with Gasteiger partial charge in [0, 0.05) is 12.6 Å². The molecule has 0 aromatic heterocycles. The topological polar surface area (TPSA) is 76.7 Å². The zero-order valence-electron chi connectivity index (χ0n) is 12.2. The monoisotopic (exact) mass is 289 g/mol. The van der Waals surface area contributed by atoms with Crippen LogP contribution in [0.4, 0.5) is 5.69 Å². The fourth-order valence-electron chi connectivity index (χ4n) is 2.32. The second kappa shape index (κ2) is 7.06. The number of nitrogens with one attached hydrogen (secondary N) is 1. The Kier molecular flexibility index (Phi) is 4.90. The Balaban J connectivity index is 2.30. The van der Waals surface area contributed by atoms with E-state index in [1.807, 2.05) is 30.3 Å². The third-order valence-electron chi connectivity index (χ3n) is 3.36. The van der Waals surface area contributed by atoms with Crippen LogP contribution in [0, 0.1) is 22.7 Å². The molecule has 1 N–H and O–H groups in total. The summed E-state index contributed by atoms with van der Waals surface area (Å²) in [4.78, 5) is 11.0. The molecule has 4 heteroatoms. The number of rotatable bonds is 4. The Labute approximate surface area is 129 Å². The molecule has 0 fully saturated rings. The molecule has 0 aliphatic rings. The molecule has 0 unspecified atom stereocenters. The summed E-state index contributed by atoms with van der Waals surface area (Å²) >= 11 is 0. The van der Waals surface area contributed by atoms with Crippen molar-refractivity contribution in [2.24, 2.45) is 0 Å². The summed E-state index contributed by atoms with van der Waals surface area (Å²) in [5, 5.41) is 21.6. The molecule has 1 amide bonds. The van der Waals surface area contributed by atoms with Gasteiger partial charge in [0.25, 0.3) is 0 Å². The standard InChI is InChI=1S/C18H15N3O/c1-13(22)21-16-9-7-15(8-10-16)18(12-20)17(11-19)14-5-3-2-4-6-14/h2-10,17-18H,1H3,(H,21,22)/t17-,18-/m1/s1. The Morgan fingerprint density at radius 1 is 0.909 bits per heavy atom. The molecule has 0 saturated heterocycles. The highest BCUT2D eigenvalue weighted by Crippen LogP contribution is 2.32. The van der Waals surface area contributed by atoms with Gasteiger partial charge in [-0.25, -0.2) is 0 Å². The average Bonchev–Trinajstić information content (AvgIpc) is 2.54. The molecule has 0 radical (unpaired) electrons. The predicted octanol–water partition coefficient (Wildman–Crippen LogP) is 3.56. The molecule has 0 aliphatic heterocycles. The van der Waals surface area contributed by atoms with Crippen LogP contribution in [0.5, 0.6) is 0 Å². The van der Waals surface area contributed by atoms with Crippen molar-refractivity contribution in [1.29, 1.82) is 10.5 Å². The fourth-order valence-corrected chi connectivity index (χ4v) is 2.32. The molecule has 4 nitrogen and oxygen atoms in total. The van der Waals surface area contributed by atoms with E-state index in [1.165, 1.54) is 6.92 Å². The van der Waals surface area contributed by atoms with Gasteiger partial charge in [-0.2, -0.15) is 10.5 Å². The number of hydrogen-bond donors (Lipinski definition) is 1. The second-order valence-corrected chi connectivity index (χ2v) is 4.93. The lowest BCUT2D eigenvalue weighted by Crippen LogP contribution is -2.09. The zero-order chi connectivity index (χ0) is 15.9. The van der Waals surface area contributed by atoms with Gasteiger partial charge in [0.05, 0.1) is 24.0 Å². The highest BCUT2D eigenvalue weighted by molar-refractivity contribution is 5.88. The van der Waals surface area contributed by atoms with Crippen molar-refractivity contribution in [1.82, 2.24) is 0 Å². The second-order valence-electron chi connectivity index (χ2n) is 4.93. The van der Waals surface area contributed by atoms with Crippen LogP contribution >= 0.6 is 0 Å². The van der Waals surface area contributed by atoms with Crippen molar-refractivity contribution in [3.05, 3.63) is 65.7 Å². The maximum absolute atomic E-state index is 11.0. The van der Waals surface area contributed by atoms with Gasteiger partial charge in [-0.1, -0.05) is 42.5 Å². The molecular weight excluding hydrogens is 274 g/mol. The van der Waals surface area contributed by atoms with Gasteiger partial charge >= 0.3 is 0 Å². The van der Waals surface area contributed by atoms with Crippen LogP contribution in [0.1, 0.15) is 29.9 Å². The molecule has 0 aliphatic carbocycles. The number of nitrogens with zero attached hydrogens (tertiary/aromatic N) is 2. The molecule has 22 heavy (non-hydrogen) atoms. The number of hydrogen-bond acceptors (Lipinski definition) is 3. The third kappa shape index (κ3) is 3.50. The van der Waals surface area contributed by atoms with E-state index in [9.17, 15) is 15.3 Å². The first-order valence-corrected chi connectivity index (χ1v) is 6.87. The minimum atomic E-state index is -0.557. The van der Waals surface area contributed by atoms with Crippen molar-refractivity contribution in [3.63, 3.8) is 0 Å². The van der Waals surface area contributed by atoms with Crippen molar-refractivity contribution in [2.45, 2.75) is 18.8 Å². The Bertz CT molecular complexity index is 724. The summed E-state index contributed by atoms with van der Waals surface area (Å²) in [5.74, 6) is -1.24. The van der Waals surface area contributed by atoms with E-state index >= 15 is 0 Å². The third-order valence-corrected chi connectivity index (χ3v) is 3.36. The molecule has 2 aromatic rings. The van der Waals surface area contributed by atoms with E-state index in [2.05, 4.69) is 17.5 Å². The summed E-state index contributed by atoms with van der Waals surface area (Å²) in [7, 11) is 0. The molecule has 2 atom stereocenters. The lowest BCUT2D eigenvalue weighted by Gasteiger charge is -2.16. The maximum Gasteiger partial charge on any atom is 0.221 e. The highest BCUT2D eigenvalue weighted by atomic mass is 16.1. The van der Waals surface area contributed by atoms with E-state index in [1.54, 1.807) is 24.3 Å². The SMILES string of the molecule is CC(=O)Nc1ccc([C@@H](C#N)[C@H](C#N)c2ccccc2)cc1. The predicted molar refractivity (Wildman–Crippen MR) is 83.9 cm³/mol. The van der Waals surface area contributed by atoms with Gasteiger partial charge in [-0.05, 0) is 23.3 Å². The number of carbonyl (C=O) groups is 1. The van der Waals surface area contributed by atoms with Crippen molar-refractivity contribution >= 4 is 11.6 Å². The Hall–Kier alpha value is -3.11. The molecule has 0 heterocycles.